The monoisotopic (exact) mass is 382 g/mol. The van der Waals surface area contributed by atoms with Gasteiger partial charge in [0.05, 0.1) is 12.0 Å². The number of carbonyl (C=O) groups is 2. The fourth-order valence-corrected chi connectivity index (χ4v) is 1.56. The van der Waals surface area contributed by atoms with Gasteiger partial charge in [0, 0.05) is 5.56 Å². The summed E-state index contributed by atoms with van der Waals surface area (Å²) in [5.41, 5.74) is -2.49. The largest absolute Gasteiger partial charge is 0.483 e. The number of Topliss-reactive ketones (excluding diaryl/α,β-unsaturated/α-hetero) is 2. The smallest absolute Gasteiger partial charge is 0.450 e. The molecule has 0 unspecified atom stereocenters. The van der Waals surface area contributed by atoms with E-state index in [0.717, 1.165) is 0 Å². The predicted octanol–water partition coefficient (Wildman–Crippen LogP) is 4.35. The van der Waals surface area contributed by atoms with Crippen molar-refractivity contribution in [3.8, 4) is 5.75 Å². The van der Waals surface area contributed by atoms with Gasteiger partial charge in [0.2, 0.25) is 5.78 Å². The van der Waals surface area contributed by atoms with Crippen LogP contribution in [-0.2, 0) is 11.0 Å². The summed E-state index contributed by atoms with van der Waals surface area (Å²) in [6.07, 6.45) is -17.2. The first kappa shape index (κ1) is 20.8. The molecule has 0 aliphatic heterocycles. The number of benzene rings is 1. The van der Waals surface area contributed by atoms with Crippen molar-refractivity contribution in [2.45, 2.75) is 24.9 Å². The fourth-order valence-electron chi connectivity index (χ4n) is 1.56. The Balaban J connectivity index is 3.15. The molecular formula is C13H7F9O3. The van der Waals surface area contributed by atoms with E-state index in [0.29, 0.717) is 6.07 Å². The average molecular weight is 382 g/mol. The molecule has 0 saturated heterocycles. The normalized spacial score (nSPS) is 12.8. The minimum Gasteiger partial charge on any atom is -0.483 e. The summed E-state index contributed by atoms with van der Waals surface area (Å²) in [6, 6.07) is 0.826. The van der Waals surface area contributed by atoms with E-state index >= 15 is 0 Å². The third-order valence-electron chi connectivity index (χ3n) is 2.64. The molecule has 0 heterocycles. The van der Waals surface area contributed by atoms with Gasteiger partial charge in [-0.25, -0.2) is 0 Å². The second kappa shape index (κ2) is 6.92. The van der Waals surface area contributed by atoms with Crippen LogP contribution in [0.25, 0.3) is 0 Å². The van der Waals surface area contributed by atoms with E-state index in [9.17, 15) is 49.1 Å². The molecule has 0 radical (unpaired) electrons. The first-order valence-corrected chi connectivity index (χ1v) is 6.15. The Morgan fingerprint density at radius 1 is 0.920 bits per heavy atom. The first-order valence-electron chi connectivity index (χ1n) is 6.15. The molecule has 140 valence electrons. The number of ketones is 2. The van der Waals surface area contributed by atoms with E-state index < -0.39 is 60.0 Å². The van der Waals surface area contributed by atoms with Crippen LogP contribution in [-0.4, -0.2) is 30.5 Å². The van der Waals surface area contributed by atoms with Crippen LogP contribution in [0.5, 0.6) is 5.75 Å². The molecule has 1 aromatic rings. The van der Waals surface area contributed by atoms with Crippen molar-refractivity contribution >= 4 is 11.6 Å². The quantitative estimate of drug-likeness (QED) is 0.432. The summed E-state index contributed by atoms with van der Waals surface area (Å²) in [5, 5.41) is 0. The lowest BCUT2D eigenvalue weighted by Crippen LogP contribution is -2.25. The standard InChI is InChI=1S/C13H7F9O3/c14-11(15,16)5-25-9-3-6(1-2-7(9)12(17,18)19)8(23)4-10(24)13(20,21)22/h1-3H,4-5H2. The van der Waals surface area contributed by atoms with Crippen molar-refractivity contribution in [3.63, 3.8) is 0 Å². The molecule has 0 amide bonds. The minimum atomic E-state index is -5.34. The highest BCUT2D eigenvalue weighted by molar-refractivity contribution is 6.09. The number of hydrogen-bond donors (Lipinski definition) is 0. The SMILES string of the molecule is O=C(CC(=O)C(F)(F)F)c1ccc(C(F)(F)F)c(OCC(F)(F)F)c1. The number of carbonyl (C=O) groups excluding carboxylic acids is 2. The summed E-state index contributed by atoms with van der Waals surface area (Å²) in [5.74, 6) is -5.36. The second-order valence-electron chi connectivity index (χ2n) is 4.63. The highest BCUT2D eigenvalue weighted by Crippen LogP contribution is 2.37. The van der Waals surface area contributed by atoms with Crippen LogP contribution < -0.4 is 4.74 Å². The van der Waals surface area contributed by atoms with Crippen LogP contribution in [0.4, 0.5) is 39.5 Å². The van der Waals surface area contributed by atoms with Gasteiger partial charge in [-0.2, -0.15) is 39.5 Å². The Bertz CT molecular complexity index is 656. The highest BCUT2D eigenvalue weighted by Gasteiger charge is 2.40. The maximum atomic E-state index is 12.7. The maximum absolute atomic E-state index is 12.7. The Hall–Kier alpha value is -2.27. The van der Waals surface area contributed by atoms with Crippen LogP contribution in [0.15, 0.2) is 18.2 Å². The summed E-state index contributed by atoms with van der Waals surface area (Å²) in [4.78, 5) is 22.2. The molecule has 0 spiro atoms. The van der Waals surface area contributed by atoms with Crippen molar-refractivity contribution in [3.05, 3.63) is 29.3 Å². The first-order chi connectivity index (χ1) is 11.1. The molecule has 0 bridgehead atoms. The molecule has 12 heteroatoms. The zero-order valence-corrected chi connectivity index (χ0v) is 11.8. The van der Waals surface area contributed by atoms with E-state index in [-0.39, 0.29) is 12.1 Å². The third kappa shape index (κ3) is 6.27. The molecule has 1 aromatic carbocycles. The number of halogens is 9. The van der Waals surface area contributed by atoms with Gasteiger partial charge in [0.1, 0.15) is 5.75 Å². The Kier molecular flexibility index (Phi) is 5.75. The van der Waals surface area contributed by atoms with Crippen LogP contribution in [0.2, 0.25) is 0 Å². The summed E-state index contributed by atoms with van der Waals surface area (Å²) in [6.45, 7) is -2.12. The van der Waals surface area contributed by atoms with Crippen molar-refractivity contribution in [1.29, 1.82) is 0 Å². The summed E-state index contributed by atoms with van der Waals surface area (Å²) < 4.78 is 115. The van der Waals surface area contributed by atoms with Crippen LogP contribution in [0.1, 0.15) is 22.3 Å². The van der Waals surface area contributed by atoms with E-state index in [1.54, 1.807) is 0 Å². The second-order valence-corrected chi connectivity index (χ2v) is 4.63. The van der Waals surface area contributed by atoms with Gasteiger partial charge in [-0.3, -0.25) is 9.59 Å². The molecule has 0 N–H and O–H groups in total. The lowest BCUT2D eigenvalue weighted by molar-refractivity contribution is -0.170. The molecular weight excluding hydrogens is 375 g/mol. The average Bonchev–Trinajstić information content (AvgIpc) is 2.41. The molecule has 0 fully saturated rings. The topological polar surface area (TPSA) is 43.4 Å². The van der Waals surface area contributed by atoms with Gasteiger partial charge >= 0.3 is 18.5 Å². The molecule has 1 rings (SSSR count). The molecule has 25 heavy (non-hydrogen) atoms. The summed E-state index contributed by atoms with van der Waals surface area (Å²) in [7, 11) is 0. The molecule has 0 aliphatic carbocycles. The molecule has 3 nitrogen and oxygen atoms in total. The van der Waals surface area contributed by atoms with Gasteiger partial charge in [-0.15, -0.1) is 0 Å². The molecule has 0 aromatic heterocycles. The minimum absolute atomic E-state index is 0.178. The van der Waals surface area contributed by atoms with Gasteiger partial charge in [0.15, 0.2) is 12.4 Å². The number of ether oxygens (including phenoxy) is 1. The van der Waals surface area contributed by atoms with Gasteiger partial charge in [-0.1, -0.05) is 6.07 Å². The van der Waals surface area contributed by atoms with E-state index in [1.165, 1.54) is 0 Å². The molecule has 0 saturated carbocycles. The van der Waals surface area contributed by atoms with Crippen molar-refractivity contribution < 1.29 is 53.8 Å². The van der Waals surface area contributed by atoms with Gasteiger partial charge in [0.25, 0.3) is 0 Å². The van der Waals surface area contributed by atoms with Crippen molar-refractivity contribution in [2.24, 2.45) is 0 Å². The van der Waals surface area contributed by atoms with Crippen LogP contribution >= 0.6 is 0 Å². The molecule has 0 aliphatic rings. The third-order valence-corrected chi connectivity index (χ3v) is 2.64. The Labute approximate surface area is 133 Å². The van der Waals surface area contributed by atoms with Gasteiger partial charge < -0.3 is 4.74 Å². The number of hydrogen-bond acceptors (Lipinski definition) is 3. The number of rotatable bonds is 5. The fraction of sp³-hybridized carbons (Fsp3) is 0.385. The van der Waals surface area contributed by atoms with Crippen LogP contribution in [0, 0.1) is 0 Å². The maximum Gasteiger partial charge on any atom is 0.450 e. The highest BCUT2D eigenvalue weighted by atomic mass is 19.4. The molecule has 0 atom stereocenters. The lowest BCUT2D eigenvalue weighted by atomic mass is 10.0. The Morgan fingerprint density at radius 3 is 1.92 bits per heavy atom. The van der Waals surface area contributed by atoms with E-state index in [4.69, 9.17) is 0 Å². The lowest BCUT2D eigenvalue weighted by Gasteiger charge is -2.16. The Morgan fingerprint density at radius 2 is 1.48 bits per heavy atom. The summed E-state index contributed by atoms with van der Waals surface area (Å²) >= 11 is 0. The zero-order chi connectivity index (χ0) is 19.6. The van der Waals surface area contributed by atoms with E-state index in [1.807, 2.05) is 0 Å². The van der Waals surface area contributed by atoms with E-state index in [2.05, 4.69) is 4.74 Å². The van der Waals surface area contributed by atoms with Gasteiger partial charge in [-0.05, 0) is 12.1 Å². The number of alkyl halides is 9. The predicted molar refractivity (Wildman–Crippen MR) is 63.0 cm³/mol. The van der Waals surface area contributed by atoms with Crippen molar-refractivity contribution in [2.75, 3.05) is 6.61 Å². The zero-order valence-electron chi connectivity index (χ0n) is 11.8. The van der Waals surface area contributed by atoms with Crippen molar-refractivity contribution in [1.82, 2.24) is 0 Å². The van der Waals surface area contributed by atoms with Crippen LogP contribution in [0.3, 0.4) is 0 Å².